The van der Waals surface area contributed by atoms with Gasteiger partial charge in [0.25, 0.3) is 5.56 Å². The summed E-state index contributed by atoms with van der Waals surface area (Å²) >= 11 is 0. The predicted molar refractivity (Wildman–Crippen MR) is 106 cm³/mol. The minimum Gasteiger partial charge on any atom is -0.369 e. The molecule has 2 N–H and O–H groups in total. The SMILES string of the molecule is Cc1cn2cc(-c3nc4ccc(N5CCNCC5)cc4c(=O)[nH]3)cc(F)c2n1. The molecule has 28 heavy (non-hydrogen) atoms. The molecule has 8 heteroatoms. The number of aromatic amines is 1. The lowest BCUT2D eigenvalue weighted by Gasteiger charge is -2.29. The number of piperazine rings is 1. The van der Waals surface area contributed by atoms with Crippen LogP contribution in [0.5, 0.6) is 0 Å². The number of anilines is 1. The number of nitrogens with one attached hydrogen (secondary N) is 2. The van der Waals surface area contributed by atoms with Crippen LogP contribution in [0.4, 0.5) is 10.1 Å². The number of halogens is 1. The number of aromatic nitrogens is 4. The van der Waals surface area contributed by atoms with Crippen LogP contribution in [-0.2, 0) is 0 Å². The minimum absolute atomic E-state index is 0.237. The monoisotopic (exact) mass is 378 g/mol. The number of aryl methyl sites for hydroxylation is 1. The zero-order valence-corrected chi connectivity index (χ0v) is 15.4. The Morgan fingerprint density at radius 1 is 1.11 bits per heavy atom. The molecule has 3 aromatic heterocycles. The van der Waals surface area contributed by atoms with Crippen molar-refractivity contribution < 1.29 is 4.39 Å². The summed E-state index contributed by atoms with van der Waals surface area (Å²) in [6.45, 7) is 5.45. The minimum atomic E-state index is -0.456. The molecule has 1 aliphatic rings. The van der Waals surface area contributed by atoms with E-state index in [1.54, 1.807) is 23.7 Å². The highest BCUT2D eigenvalue weighted by Gasteiger charge is 2.14. The average Bonchev–Trinajstić information content (AvgIpc) is 3.09. The first-order valence-electron chi connectivity index (χ1n) is 9.23. The van der Waals surface area contributed by atoms with Gasteiger partial charge in [0.15, 0.2) is 11.5 Å². The molecule has 0 saturated carbocycles. The van der Waals surface area contributed by atoms with E-state index in [4.69, 9.17) is 0 Å². The van der Waals surface area contributed by atoms with Crippen molar-refractivity contribution in [3.8, 4) is 11.4 Å². The van der Waals surface area contributed by atoms with E-state index < -0.39 is 5.82 Å². The standard InChI is InChI=1S/C20H19FN6O/c1-12-10-27-11-13(8-16(21)19(27)23-12)18-24-17-3-2-14(9-15(17)20(28)25-18)26-6-4-22-5-7-26/h2-3,8-11,22H,4-7H2,1H3,(H,24,25,28). The van der Waals surface area contributed by atoms with Crippen molar-refractivity contribution in [3.63, 3.8) is 0 Å². The zero-order valence-electron chi connectivity index (χ0n) is 15.4. The summed E-state index contributed by atoms with van der Waals surface area (Å²) in [4.78, 5) is 26.5. The number of pyridine rings is 1. The second kappa shape index (κ2) is 6.42. The highest BCUT2D eigenvalue weighted by atomic mass is 19.1. The molecule has 0 spiro atoms. The Bertz CT molecular complexity index is 1260. The normalized spacial score (nSPS) is 14.9. The van der Waals surface area contributed by atoms with Crippen LogP contribution in [0, 0.1) is 12.7 Å². The lowest BCUT2D eigenvalue weighted by Crippen LogP contribution is -2.43. The largest absolute Gasteiger partial charge is 0.369 e. The zero-order chi connectivity index (χ0) is 19.3. The maximum atomic E-state index is 14.4. The number of nitrogens with zero attached hydrogens (tertiary/aromatic N) is 4. The van der Waals surface area contributed by atoms with Gasteiger partial charge in [-0.05, 0) is 31.2 Å². The Balaban J connectivity index is 1.60. The Kier molecular flexibility index (Phi) is 3.87. The van der Waals surface area contributed by atoms with E-state index in [9.17, 15) is 9.18 Å². The van der Waals surface area contributed by atoms with E-state index in [1.807, 2.05) is 18.2 Å². The fraction of sp³-hybridized carbons (Fsp3) is 0.250. The molecule has 1 aromatic carbocycles. The number of fused-ring (bicyclic) bond motifs is 2. The van der Waals surface area contributed by atoms with Gasteiger partial charge < -0.3 is 19.6 Å². The Morgan fingerprint density at radius 2 is 1.93 bits per heavy atom. The summed E-state index contributed by atoms with van der Waals surface area (Å²) in [5.74, 6) is -0.123. The van der Waals surface area contributed by atoms with Crippen LogP contribution in [0.25, 0.3) is 27.9 Å². The quantitative estimate of drug-likeness (QED) is 0.559. The maximum Gasteiger partial charge on any atom is 0.259 e. The van der Waals surface area contributed by atoms with Gasteiger partial charge in [0.05, 0.1) is 16.6 Å². The average molecular weight is 378 g/mol. The number of hydrogen-bond donors (Lipinski definition) is 2. The van der Waals surface area contributed by atoms with Gasteiger partial charge >= 0.3 is 0 Å². The first kappa shape index (κ1) is 16.9. The Morgan fingerprint density at radius 3 is 2.75 bits per heavy atom. The smallest absolute Gasteiger partial charge is 0.259 e. The van der Waals surface area contributed by atoms with Crippen molar-refractivity contribution >= 4 is 22.2 Å². The van der Waals surface area contributed by atoms with Gasteiger partial charge in [-0.25, -0.2) is 14.4 Å². The van der Waals surface area contributed by atoms with Gasteiger partial charge in [0, 0.05) is 49.8 Å². The lowest BCUT2D eigenvalue weighted by atomic mass is 10.1. The summed E-state index contributed by atoms with van der Waals surface area (Å²) in [5, 5.41) is 3.85. The van der Waals surface area contributed by atoms with Gasteiger partial charge in [0.1, 0.15) is 5.82 Å². The molecule has 0 radical (unpaired) electrons. The predicted octanol–water partition coefficient (Wildman–Crippen LogP) is 2.09. The molecule has 0 amide bonds. The third kappa shape index (κ3) is 2.82. The van der Waals surface area contributed by atoms with Crippen LogP contribution in [0.1, 0.15) is 5.69 Å². The summed E-state index contributed by atoms with van der Waals surface area (Å²) in [5.41, 5.74) is 2.82. The number of rotatable bonds is 2. The second-order valence-corrected chi connectivity index (χ2v) is 7.04. The summed E-state index contributed by atoms with van der Waals surface area (Å²) in [7, 11) is 0. The molecule has 1 saturated heterocycles. The Hall–Kier alpha value is -3.26. The maximum absolute atomic E-state index is 14.4. The molecule has 0 bridgehead atoms. The summed E-state index contributed by atoms with van der Waals surface area (Å²) in [6.07, 6.45) is 3.46. The number of H-pyrrole nitrogens is 1. The van der Waals surface area contributed by atoms with Crippen LogP contribution in [-0.4, -0.2) is 45.5 Å². The first-order chi connectivity index (χ1) is 13.6. The van der Waals surface area contributed by atoms with Crippen molar-refractivity contribution in [2.24, 2.45) is 0 Å². The number of imidazole rings is 1. The molecule has 1 aliphatic heterocycles. The molecule has 4 aromatic rings. The van der Waals surface area contributed by atoms with E-state index in [2.05, 4.69) is 25.2 Å². The van der Waals surface area contributed by atoms with E-state index in [1.165, 1.54) is 6.07 Å². The van der Waals surface area contributed by atoms with Crippen LogP contribution in [0.3, 0.4) is 0 Å². The molecule has 142 valence electrons. The van der Waals surface area contributed by atoms with Gasteiger partial charge in [-0.15, -0.1) is 0 Å². The molecule has 7 nitrogen and oxygen atoms in total. The van der Waals surface area contributed by atoms with Crippen molar-refractivity contribution in [1.29, 1.82) is 0 Å². The van der Waals surface area contributed by atoms with Crippen molar-refractivity contribution in [1.82, 2.24) is 24.7 Å². The lowest BCUT2D eigenvalue weighted by molar-refractivity contribution is 0.589. The van der Waals surface area contributed by atoms with Gasteiger partial charge in [-0.3, -0.25) is 4.79 Å². The van der Waals surface area contributed by atoms with E-state index in [0.717, 1.165) is 37.6 Å². The molecule has 0 unspecified atom stereocenters. The van der Waals surface area contributed by atoms with Gasteiger partial charge in [0.2, 0.25) is 0 Å². The van der Waals surface area contributed by atoms with Crippen LogP contribution < -0.4 is 15.8 Å². The molecule has 0 atom stereocenters. The number of benzene rings is 1. The van der Waals surface area contributed by atoms with Crippen molar-refractivity contribution in [2.45, 2.75) is 6.92 Å². The van der Waals surface area contributed by atoms with E-state index in [0.29, 0.717) is 22.3 Å². The first-order valence-corrected chi connectivity index (χ1v) is 9.23. The molecule has 1 fully saturated rings. The fourth-order valence-electron chi connectivity index (χ4n) is 3.69. The van der Waals surface area contributed by atoms with Crippen LogP contribution in [0.2, 0.25) is 0 Å². The highest BCUT2D eigenvalue weighted by molar-refractivity contribution is 5.83. The molecule has 5 rings (SSSR count). The van der Waals surface area contributed by atoms with Crippen LogP contribution >= 0.6 is 0 Å². The summed E-state index contributed by atoms with van der Waals surface area (Å²) in [6, 6.07) is 7.05. The topological polar surface area (TPSA) is 78.3 Å². The van der Waals surface area contributed by atoms with Gasteiger partial charge in [-0.2, -0.15) is 0 Å². The third-order valence-corrected chi connectivity index (χ3v) is 5.07. The summed E-state index contributed by atoms with van der Waals surface area (Å²) < 4.78 is 16.0. The van der Waals surface area contributed by atoms with Crippen LogP contribution in [0.15, 0.2) is 41.5 Å². The van der Waals surface area contributed by atoms with Crippen molar-refractivity contribution in [3.05, 3.63) is 58.5 Å². The second-order valence-electron chi connectivity index (χ2n) is 7.04. The molecular weight excluding hydrogens is 359 g/mol. The van der Waals surface area contributed by atoms with Gasteiger partial charge in [-0.1, -0.05) is 0 Å². The highest BCUT2D eigenvalue weighted by Crippen LogP contribution is 2.23. The van der Waals surface area contributed by atoms with E-state index >= 15 is 0 Å². The molecule has 4 heterocycles. The third-order valence-electron chi connectivity index (χ3n) is 5.07. The molecular formula is C20H19FN6O. The fourth-order valence-corrected chi connectivity index (χ4v) is 3.69. The molecule has 0 aliphatic carbocycles. The number of hydrogen-bond acceptors (Lipinski definition) is 5. The Labute approximate surface area is 159 Å². The van der Waals surface area contributed by atoms with Crippen molar-refractivity contribution in [2.75, 3.05) is 31.1 Å². The van der Waals surface area contributed by atoms with E-state index in [-0.39, 0.29) is 11.2 Å².